The molecule has 0 amide bonds. The Hall–Kier alpha value is -0.790. The summed E-state index contributed by atoms with van der Waals surface area (Å²) in [5.74, 6) is 0.288. The second-order valence-corrected chi connectivity index (χ2v) is 10.6. The van der Waals surface area contributed by atoms with Crippen LogP contribution >= 0.6 is 7.52 Å². The molecule has 0 spiro atoms. The number of nitrogens with zero attached hydrogens (tertiary/aromatic N) is 2. The molecule has 0 aromatic heterocycles. The number of rotatable bonds is 13. The van der Waals surface area contributed by atoms with Crippen LogP contribution in [0.15, 0.2) is 17.2 Å². The van der Waals surface area contributed by atoms with Gasteiger partial charge in [0.15, 0.2) is 6.29 Å². The summed E-state index contributed by atoms with van der Waals surface area (Å²) in [5, 5.41) is 10.2. The van der Waals surface area contributed by atoms with Crippen LogP contribution in [0.3, 0.4) is 0 Å². The zero-order chi connectivity index (χ0) is 22.1. The van der Waals surface area contributed by atoms with E-state index >= 15 is 0 Å². The largest absolute Gasteiger partial charge is 0.393 e. The number of allylic oxidation sites excluding steroid dienone is 1. The summed E-state index contributed by atoms with van der Waals surface area (Å²) in [4.78, 5) is 15.9. The van der Waals surface area contributed by atoms with Gasteiger partial charge in [0.25, 0.3) is 0 Å². The van der Waals surface area contributed by atoms with Gasteiger partial charge in [0.2, 0.25) is 0 Å². The molecule has 2 fully saturated rings. The molecule has 1 N–H and O–H groups in total. The second-order valence-electron chi connectivity index (χ2n) is 8.49. The highest BCUT2D eigenvalue weighted by Gasteiger charge is 2.35. The summed E-state index contributed by atoms with van der Waals surface area (Å²) in [6.45, 7) is 12.4. The minimum absolute atomic E-state index is 0.0501. The summed E-state index contributed by atoms with van der Waals surface area (Å²) in [6.07, 6.45) is 4.56. The van der Waals surface area contributed by atoms with Gasteiger partial charge in [0.1, 0.15) is 0 Å². The molecule has 6 atom stereocenters. The second kappa shape index (κ2) is 12.3. The molecule has 30 heavy (non-hydrogen) atoms. The Morgan fingerprint density at radius 3 is 2.80 bits per heavy atom. The molecule has 2 saturated heterocycles. The van der Waals surface area contributed by atoms with Crippen molar-refractivity contribution >= 4 is 7.52 Å². The quantitative estimate of drug-likeness (QED) is 0.252. The van der Waals surface area contributed by atoms with Crippen LogP contribution in [-0.2, 0) is 18.6 Å². The minimum Gasteiger partial charge on any atom is -0.393 e. The molecular formula is C21H39N2O6P. The molecule has 0 aromatic carbocycles. The van der Waals surface area contributed by atoms with Gasteiger partial charge in [-0.25, -0.2) is 0 Å². The molecule has 0 bridgehead atoms. The van der Waals surface area contributed by atoms with E-state index in [9.17, 15) is 14.6 Å². The van der Waals surface area contributed by atoms with E-state index in [4.69, 9.17) is 14.0 Å². The van der Waals surface area contributed by atoms with Gasteiger partial charge < -0.3 is 24.0 Å². The van der Waals surface area contributed by atoms with Crippen LogP contribution in [0.5, 0.6) is 0 Å². The summed E-state index contributed by atoms with van der Waals surface area (Å²) in [7, 11) is -3.40. The molecule has 2 rings (SSSR count). The van der Waals surface area contributed by atoms with Crippen molar-refractivity contribution in [3.05, 3.63) is 17.2 Å². The SMILES string of the molecule is C=C(CCCCOC1CC(O)C(C)C(CC)O1)N1CCC(CP(=O)(N=O)OCC)C1. The number of nitroso groups, excluding NO2 is 1. The predicted octanol–water partition coefficient (Wildman–Crippen LogP) is 4.53. The first kappa shape index (κ1) is 25.5. The van der Waals surface area contributed by atoms with Crippen molar-refractivity contribution in [2.45, 2.75) is 77.8 Å². The van der Waals surface area contributed by atoms with E-state index in [0.717, 1.165) is 50.9 Å². The molecule has 0 aliphatic carbocycles. The van der Waals surface area contributed by atoms with Crippen LogP contribution in [0.2, 0.25) is 0 Å². The monoisotopic (exact) mass is 446 g/mol. The minimum atomic E-state index is -3.40. The molecule has 2 aliphatic heterocycles. The predicted molar refractivity (Wildman–Crippen MR) is 117 cm³/mol. The van der Waals surface area contributed by atoms with Crippen molar-refractivity contribution in [3.8, 4) is 0 Å². The number of aliphatic hydroxyl groups is 1. The van der Waals surface area contributed by atoms with E-state index < -0.39 is 7.52 Å². The Labute approximate surface area is 180 Å². The summed E-state index contributed by atoms with van der Waals surface area (Å²) >= 11 is 0. The van der Waals surface area contributed by atoms with Crippen LogP contribution in [-0.4, -0.2) is 61.0 Å². The zero-order valence-electron chi connectivity index (χ0n) is 18.7. The molecule has 174 valence electrons. The maximum Gasteiger partial charge on any atom is 0.352 e. The average molecular weight is 447 g/mol. The van der Waals surface area contributed by atoms with Gasteiger partial charge in [0.05, 0.1) is 25.0 Å². The van der Waals surface area contributed by atoms with Crippen molar-refractivity contribution in [3.63, 3.8) is 0 Å². The van der Waals surface area contributed by atoms with Gasteiger partial charge in [0, 0.05) is 42.7 Å². The highest BCUT2D eigenvalue weighted by atomic mass is 31.2. The van der Waals surface area contributed by atoms with Gasteiger partial charge in [-0.15, -0.1) is 4.91 Å². The summed E-state index contributed by atoms with van der Waals surface area (Å²) in [6, 6.07) is 0. The van der Waals surface area contributed by atoms with Crippen molar-refractivity contribution in [1.29, 1.82) is 0 Å². The van der Waals surface area contributed by atoms with Crippen LogP contribution < -0.4 is 0 Å². The van der Waals surface area contributed by atoms with Crippen LogP contribution in [0.4, 0.5) is 0 Å². The lowest BCUT2D eigenvalue weighted by atomic mass is 9.91. The fraction of sp³-hybridized carbons (Fsp3) is 0.905. The van der Waals surface area contributed by atoms with Crippen molar-refractivity contribution < 1.29 is 23.7 Å². The van der Waals surface area contributed by atoms with Gasteiger partial charge >= 0.3 is 7.52 Å². The Kier molecular flexibility index (Phi) is 10.4. The van der Waals surface area contributed by atoms with Crippen LogP contribution in [0, 0.1) is 16.7 Å². The number of likely N-dealkylation sites (tertiary alicyclic amines) is 1. The van der Waals surface area contributed by atoms with E-state index in [1.807, 2.05) is 6.92 Å². The number of hydrogen-bond acceptors (Lipinski definition) is 7. The number of hydrogen-bond donors (Lipinski definition) is 1. The Bertz CT molecular complexity index is 604. The van der Waals surface area contributed by atoms with E-state index in [0.29, 0.717) is 13.0 Å². The fourth-order valence-corrected chi connectivity index (χ4v) is 5.89. The molecule has 0 saturated carbocycles. The van der Waals surface area contributed by atoms with Crippen molar-refractivity contribution in [2.75, 3.05) is 32.5 Å². The molecule has 9 heteroatoms. The van der Waals surface area contributed by atoms with Crippen molar-refractivity contribution in [1.82, 2.24) is 4.90 Å². The number of unbranched alkanes of at least 4 members (excludes halogenated alkanes) is 1. The standard InChI is InChI=1S/C21H39N2O6P/c1-5-20-17(4)19(24)13-21(29-20)27-12-8-7-9-16(3)23-11-10-18(14-23)15-30(26,22-25)28-6-2/h17-21,24H,3,5-15H2,1-2,4H3. The maximum atomic E-state index is 12.3. The van der Waals surface area contributed by atoms with Crippen LogP contribution in [0.1, 0.15) is 59.3 Å². The molecule has 0 radical (unpaired) electrons. The van der Waals surface area contributed by atoms with Gasteiger partial charge in [-0.1, -0.05) is 20.4 Å². The highest BCUT2D eigenvalue weighted by molar-refractivity contribution is 7.57. The van der Waals surface area contributed by atoms with Crippen molar-refractivity contribution in [2.24, 2.45) is 16.8 Å². The molecule has 2 aliphatic rings. The van der Waals surface area contributed by atoms with E-state index in [2.05, 4.69) is 23.3 Å². The molecule has 0 aromatic rings. The maximum absolute atomic E-state index is 12.3. The topological polar surface area (TPSA) is 97.7 Å². The highest BCUT2D eigenvalue weighted by Crippen LogP contribution is 2.51. The summed E-state index contributed by atoms with van der Waals surface area (Å²) in [5.41, 5.74) is 1.06. The molecule has 6 unspecified atom stereocenters. The fourth-order valence-electron chi connectivity index (χ4n) is 4.32. The van der Waals surface area contributed by atoms with Crippen LogP contribution in [0.25, 0.3) is 0 Å². The summed E-state index contributed by atoms with van der Waals surface area (Å²) < 4.78 is 29.2. The average Bonchev–Trinajstić information content (AvgIpc) is 3.18. The lowest BCUT2D eigenvalue weighted by molar-refractivity contribution is -0.234. The zero-order valence-corrected chi connectivity index (χ0v) is 19.6. The Morgan fingerprint density at radius 2 is 2.13 bits per heavy atom. The third kappa shape index (κ3) is 7.41. The molecular weight excluding hydrogens is 407 g/mol. The van der Waals surface area contributed by atoms with E-state index in [1.54, 1.807) is 6.92 Å². The first-order chi connectivity index (χ1) is 14.3. The molecule has 8 nitrogen and oxygen atoms in total. The third-order valence-corrected chi connectivity index (χ3v) is 8.09. The number of ether oxygens (including phenoxy) is 2. The Morgan fingerprint density at radius 1 is 1.37 bits per heavy atom. The lowest BCUT2D eigenvalue weighted by Gasteiger charge is -2.37. The van der Waals surface area contributed by atoms with E-state index in [1.165, 1.54) is 0 Å². The first-order valence-corrected chi connectivity index (χ1v) is 13.0. The normalized spacial score (nSPS) is 31.5. The Balaban J connectivity index is 1.62. The van der Waals surface area contributed by atoms with Gasteiger partial charge in [-0.05, 0) is 44.9 Å². The van der Waals surface area contributed by atoms with Gasteiger partial charge in [-0.2, -0.15) is 0 Å². The lowest BCUT2D eigenvalue weighted by Crippen LogP contribution is -2.43. The first-order valence-electron chi connectivity index (χ1n) is 11.3. The smallest absolute Gasteiger partial charge is 0.352 e. The molecule has 2 heterocycles. The third-order valence-electron chi connectivity index (χ3n) is 6.20. The van der Waals surface area contributed by atoms with E-state index in [-0.39, 0.29) is 43.1 Å². The van der Waals surface area contributed by atoms with Gasteiger partial charge in [-0.3, -0.25) is 4.57 Å². The number of aliphatic hydroxyl groups excluding tert-OH is 1.